The van der Waals surface area contributed by atoms with Gasteiger partial charge in [-0.1, -0.05) is 109 Å². The van der Waals surface area contributed by atoms with Crippen LogP contribution in [0.4, 0.5) is 5.82 Å². The number of nitriles is 2. The lowest BCUT2D eigenvalue weighted by Crippen LogP contribution is -2.35. The fourth-order valence-corrected chi connectivity index (χ4v) is 9.14. The number of nitrogens with zero attached hydrogens (tertiary/aromatic N) is 8. The standard InChI is InChI=1S/C43H60N9O9P/c1-2-3-4-5-6-7-8-9-10-11-12-13-14-15-16-17-22-57-26-34(58-25-32-18-19-35(33(23-32)24-44)51-31-47-29-49-51)27-59-62(55,56)61-41-42(28-45)43(41,54)39(53)38(60-42)36-20-21-37-40(46)48-30-50-52(36)37/h18-21,23,29-31,34,38-39,41,53-54H,2-17,22,25-27H2,1H3,(H,55,56)(H2,46,48,50)/t34-,38+,39+,41?,42-,43-/m1/s1. The van der Waals surface area contributed by atoms with Crippen molar-refractivity contribution in [2.75, 3.05) is 25.6 Å². The number of aliphatic hydroxyl groups is 2. The van der Waals surface area contributed by atoms with Crippen molar-refractivity contribution in [3.63, 3.8) is 0 Å². The monoisotopic (exact) mass is 877 g/mol. The number of hydrogen-bond donors (Lipinski definition) is 4. The molecule has 0 bridgehead atoms. The lowest BCUT2D eigenvalue weighted by atomic mass is 10.0. The Balaban J connectivity index is 0.967. The first-order valence-electron chi connectivity index (χ1n) is 21.9. The average Bonchev–Trinajstić information content (AvgIpc) is 3.82. The van der Waals surface area contributed by atoms with Crippen molar-refractivity contribution in [3.8, 4) is 17.8 Å². The fourth-order valence-electron chi connectivity index (χ4n) is 8.15. The van der Waals surface area contributed by atoms with Crippen LogP contribution in [0.25, 0.3) is 11.2 Å². The van der Waals surface area contributed by atoms with Crippen molar-refractivity contribution >= 4 is 19.2 Å². The van der Waals surface area contributed by atoms with E-state index in [1.807, 2.05) is 6.07 Å². The van der Waals surface area contributed by atoms with Crippen molar-refractivity contribution in [1.82, 2.24) is 29.4 Å². The summed E-state index contributed by atoms with van der Waals surface area (Å²) in [6.45, 7) is 2.25. The van der Waals surface area contributed by atoms with Crippen molar-refractivity contribution in [2.45, 2.75) is 152 Å². The molecule has 0 spiro atoms. The quantitative estimate of drug-likeness (QED) is 0.0332. The summed E-state index contributed by atoms with van der Waals surface area (Å²) in [6.07, 6.45) is 18.6. The van der Waals surface area contributed by atoms with Gasteiger partial charge in [-0.3, -0.25) is 9.05 Å². The van der Waals surface area contributed by atoms with Crippen LogP contribution in [0.2, 0.25) is 0 Å². The molecule has 336 valence electrons. The van der Waals surface area contributed by atoms with Crippen LogP contribution >= 0.6 is 7.82 Å². The van der Waals surface area contributed by atoms with Crippen molar-refractivity contribution in [3.05, 3.63) is 66.1 Å². The Morgan fingerprint density at radius 3 is 2.23 bits per heavy atom. The Hall–Kier alpha value is -4.33. The van der Waals surface area contributed by atoms with E-state index in [-0.39, 0.29) is 24.7 Å². The summed E-state index contributed by atoms with van der Waals surface area (Å²) in [4.78, 5) is 18.7. The SMILES string of the molecule is CCCCCCCCCCCCCCCCCCOC[C@H](COP(=O)(O)OC1[C@@]2(C#N)O[C@@H](c3ccc4c(N)ncnn34)[C@H](O)[C@@]12O)OCc1ccc(-n2cncn2)c(C#N)c1. The lowest BCUT2D eigenvalue weighted by molar-refractivity contribution is -0.0795. The number of nitrogen functional groups attached to an aromatic ring is 1. The largest absolute Gasteiger partial charge is 0.472 e. The molecule has 1 aliphatic heterocycles. The van der Waals surface area contributed by atoms with Crippen molar-refractivity contribution < 1.29 is 42.9 Å². The van der Waals surface area contributed by atoms with Gasteiger partial charge < -0.3 is 35.1 Å². The van der Waals surface area contributed by atoms with E-state index < -0.39 is 50.0 Å². The molecule has 5 N–H and O–H groups in total. The highest BCUT2D eigenvalue weighted by atomic mass is 31.2. The Morgan fingerprint density at radius 2 is 1.61 bits per heavy atom. The van der Waals surface area contributed by atoms with Gasteiger partial charge >= 0.3 is 7.82 Å². The van der Waals surface area contributed by atoms with Gasteiger partial charge in [0.1, 0.15) is 54.9 Å². The highest BCUT2D eigenvalue weighted by Gasteiger charge is 2.90. The second kappa shape index (κ2) is 22.3. The minimum atomic E-state index is -5.00. The van der Waals surface area contributed by atoms with Gasteiger partial charge in [0, 0.05) is 6.61 Å². The first kappa shape index (κ1) is 47.2. The molecule has 2 unspecified atom stereocenters. The van der Waals surface area contributed by atoms with Crippen LogP contribution < -0.4 is 5.73 Å². The van der Waals surface area contributed by atoms with E-state index in [2.05, 4.69) is 33.2 Å². The summed E-state index contributed by atoms with van der Waals surface area (Å²) in [5.41, 5.74) is 3.57. The Bertz CT molecular complexity index is 2160. The van der Waals surface area contributed by atoms with Gasteiger partial charge in [-0.15, -0.1) is 0 Å². The number of aliphatic hydroxyl groups excluding tert-OH is 1. The molecule has 2 fully saturated rings. The van der Waals surface area contributed by atoms with Crippen LogP contribution in [-0.2, 0) is 34.4 Å². The minimum Gasteiger partial charge on any atom is -0.387 e. The molecule has 7 atom stereocenters. The van der Waals surface area contributed by atoms with Crippen LogP contribution in [0.3, 0.4) is 0 Å². The Labute approximate surface area is 362 Å². The van der Waals surface area contributed by atoms with E-state index in [0.717, 1.165) is 19.3 Å². The van der Waals surface area contributed by atoms with Gasteiger partial charge in [0.15, 0.2) is 17.5 Å². The third-order valence-electron chi connectivity index (χ3n) is 11.7. The van der Waals surface area contributed by atoms with Gasteiger partial charge in [0.25, 0.3) is 0 Å². The summed E-state index contributed by atoms with van der Waals surface area (Å²) in [5, 5.41) is 50.9. The molecular weight excluding hydrogens is 818 g/mol. The summed E-state index contributed by atoms with van der Waals surface area (Å²) in [6, 6.07) is 12.3. The Morgan fingerprint density at radius 1 is 0.935 bits per heavy atom. The van der Waals surface area contributed by atoms with Gasteiger partial charge in [0.05, 0.1) is 36.8 Å². The molecule has 0 radical (unpaired) electrons. The molecule has 4 aromatic rings. The molecular formula is C43H60N9O9P. The minimum absolute atomic E-state index is 0.00562. The molecule has 1 aliphatic carbocycles. The molecule has 6 rings (SSSR count). The van der Waals surface area contributed by atoms with E-state index in [0.29, 0.717) is 28.9 Å². The number of anilines is 1. The molecule has 0 amide bonds. The highest BCUT2D eigenvalue weighted by molar-refractivity contribution is 7.47. The highest BCUT2D eigenvalue weighted by Crippen LogP contribution is 2.68. The number of phosphoric acid groups is 1. The number of hydrogen-bond acceptors (Lipinski definition) is 15. The maximum atomic E-state index is 13.4. The summed E-state index contributed by atoms with van der Waals surface area (Å²) in [5.74, 6) is 0.165. The fraction of sp³-hybridized carbons (Fsp3) is 0.628. The molecule has 1 saturated heterocycles. The number of benzene rings is 1. The number of ether oxygens (including phenoxy) is 3. The lowest BCUT2D eigenvalue weighted by Gasteiger charge is -2.24. The summed E-state index contributed by atoms with van der Waals surface area (Å²) in [7, 11) is -5.00. The zero-order chi connectivity index (χ0) is 44.0. The summed E-state index contributed by atoms with van der Waals surface area (Å²) < 4.78 is 44.8. The first-order valence-corrected chi connectivity index (χ1v) is 23.4. The molecule has 3 aromatic heterocycles. The number of aromatic nitrogens is 6. The molecule has 19 heteroatoms. The van der Waals surface area contributed by atoms with E-state index in [4.69, 9.17) is 29.0 Å². The number of fused-ring (bicyclic) bond motifs is 2. The predicted molar refractivity (Wildman–Crippen MR) is 226 cm³/mol. The molecule has 18 nitrogen and oxygen atoms in total. The second-order valence-electron chi connectivity index (χ2n) is 16.2. The maximum absolute atomic E-state index is 13.4. The molecule has 4 heterocycles. The normalized spacial score (nSPS) is 23.2. The van der Waals surface area contributed by atoms with Crippen LogP contribution in [0.5, 0.6) is 0 Å². The van der Waals surface area contributed by atoms with Gasteiger partial charge in [-0.25, -0.2) is 23.7 Å². The maximum Gasteiger partial charge on any atom is 0.472 e. The van der Waals surface area contributed by atoms with Crippen LogP contribution in [-0.4, -0.2) is 93.8 Å². The molecule has 1 saturated carbocycles. The van der Waals surface area contributed by atoms with Crippen molar-refractivity contribution in [1.29, 1.82) is 10.5 Å². The number of rotatable bonds is 29. The van der Waals surface area contributed by atoms with Gasteiger partial charge in [-0.2, -0.15) is 20.7 Å². The second-order valence-corrected chi connectivity index (χ2v) is 17.6. The van der Waals surface area contributed by atoms with Gasteiger partial charge in [-0.05, 0) is 36.2 Å². The number of nitrogens with two attached hydrogens (primary N) is 1. The summed E-state index contributed by atoms with van der Waals surface area (Å²) >= 11 is 0. The smallest absolute Gasteiger partial charge is 0.387 e. The molecule has 62 heavy (non-hydrogen) atoms. The van der Waals surface area contributed by atoms with E-state index in [1.165, 1.54) is 112 Å². The van der Waals surface area contributed by atoms with E-state index in [9.17, 15) is 30.2 Å². The molecule has 2 aliphatic rings. The van der Waals surface area contributed by atoms with Crippen molar-refractivity contribution in [2.24, 2.45) is 0 Å². The van der Waals surface area contributed by atoms with Crippen LogP contribution in [0, 0.1) is 22.7 Å². The first-order chi connectivity index (χ1) is 30.1. The third-order valence-corrected chi connectivity index (χ3v) is 12.7. The van der Waals surface area contributed by atoms with Crippen LogP contribution in [0.15, 0.2) is 49.3 Å². The van der Waals surface area contributed by atoms with Gasteiger partial charge in [0.2, 0.25) is 5.60 Å². The van der Waals surface area contributed by atoms with E-state index in [1.54, 1.807) is 30.3 Å². The average molecular weight is 878 g/mol. The number of phosphoric ester groups is 1. The number of unbranched alkanes of at least 4 members (excludes halogenated alkanes) is 15. The predicted octanol–water partition coefficient (Wildman–Crippen LogP) is 6.57. The van der Waals surface area contributed by atoms with E-state index >= 15 is 0 Å². The zero-order valence-electron chi connectivity index (χ0n) is 35.5. The molecule has 1 aromatic carbocycles. The third kappa shape index (κ3) is 11.2. The topological polar surface area (TPSA) is 258 Å². The van der Waals surface area contributed by atoms with Crippen LogP contribution in [0.1, 0.15) is 133 Å². The zero-order valence-corrected chi connectivity index (χ0v) is 36.4. The Kier molecular flexibility index (Phi) is 17.0.